The van der Waals surface area contributed by atoms with E-state index in [4.69, 9.17) is 28.9 Å². The van der Waals surface area contributed by atoms with Crippen LogP contribution < -0.4 is 17.0 Å². The van der Waals surface area contributed by atoms with Crippen LogP contribution in [0.4, 0.5) is 5.69 Å². The van der Waals surface area contributed by atoms with Crippen LogP contribution in [0.5, 0.6) is 0 Å². The number of nitrogen functional groups attached to an aromatic ring is 1. The van der Waals surface area contributed by atoms with Crippen molar-refractivity contribution < 1.29 is 0 Å². The Kier molecular flexibility index (Phi) is 3.45. The summed E-state index contributed by atoms with van der Waals surface area (Å²) in [6.45, 7) is 0.182. The fourth-order valence-corrected chi connectivity index (χ4v) is 1.85. The number of hydrogen-bond donors (Lipinski definition) is 2. The van der Waals surface area contributed by atoms with Crippen molar-refractivity contribution in [1.82, 2.24) is 9.55 Å². The summed E-state index contributed by atoms with van der Waals surface area (Å²) in [7, 11) is 0. The summed E-state index contributed by atoms with van der Waals surface area (Å²) in [5, 5.41) is 0.456. The third kappa shape index (κ3) is 2.57. The van der Waals surface area contributed by atoms with Crippen molar-refractivity contribution in [3.8, 4) is 0 Å². The van der Waals surface area contributed by atoms with Gasteiger partial charge < -0.3 is 5.73 Å². The number of aromatic amines is 1. The number of aromatic nitrogens is 2. The molecule has 0 fully saturated rings. The van der Waals surface area contributed by atoms with Crippen molar-refractivity contribution in [2.24, 2.45) is 0 Å². The summed E-state index contributed by atoms with van der Waals surface area (Å²) < 4.78 is 1.26. The predicted octanol–water partition coefficient (Wildman–Crippen LogP) is 1.47. The van der Waals surface area contributed by atoms with Crippen LogP contribution in [0.1, 0.15) is 5.56 Å². The molecular formula is C11H9Cl2N3O2. The summed E-state index contributed by atoms with van der Waals surface area (Å²) in [5.41, 5.74) is 5.79. The zero-order chi connectivity index (χ0) is 13.3. The van der Waals surface area contributed by atoms with Gasteiger partial charge in [-0.2, -0.15) is 0 Å². The Balaban J connectivity index is 2.46. The lowest BCUT2D eigenvalue weighted by Crippen LogP contribution is -2.30. The Bertz CT molecular complexity index is 706. The molecule has 0 saturated heterocycles. The molecule has 0 atom stereocenters. The first-order valence-corrected chi connectivity index (χ1v) is 5.76. The van der Waals surface area contributed by atoms with Gasteiger partial charge in [0.15, 0.2) is 0 Å². The van der Waals surface area contributed by atoms with Crippen LogP contribution in [0.15, 0.2) is 34.0 Å². The van der Waals surface area contributed by atoms with Gasteiger partial charge >= 0.3 is 5.69 Å². The number of rotatable bonds is 2. The maximum atomic E-state index is 11.6. The lowest BCUT2D eigenvalue weighted by atomic mass is 10.2. The van der Waals surface area contributed by atoms with E-state index in [1.165, 1.54) is 10.8 Å². The lowest BCUT2D eigenvalue weighted by molar-refractivity contribution is 0.722. The van der Waals surface area contributed by atoms with Crippen LogP contribution in [0.2, 0.25) is 10.0 Å². The standard InChI is InChI=1S/C11H9Cl2N3O2/c12-7-1-2-9(14)6(3-7)4-16-5-8(13)10(17)15-11(16)18/h1-3,5H,4,14H2,(H,15,17,18). The highest BCUT2D eigenvalue weighted by molar-refractivity contribution is 6.30. The highest BCUT2D eigenvalue weighted by atomic mass is 35.5. The molecule has 0 spiro atoms. The topological polar surface area (TPSA) is 80.9 Å². The molecule has 94 valence electrons. The third-order valence-electron chi connectivity index (χ3n) is 2.41. The second-order valence-corrected chi connectivity index (χ2v) is 4.55. The predicted molar refractivity (Wildman–Crippen MR) is 71.3 cm³/mol. The van der Waals surface area contributed by atoms with Crippen molar-refractivity contribution in [2.45, 2.75) is 6.54 Å². The van der Waals surface area contributed by atoms with E-state index in [0.29, 0.717) is 16.3 Å². The minimum absolute atomic E-state index is 0.0600. The van der Waals surface area contributed by atoms with Gasteiger partial charge in [0.2, 0.25) is 0 Å². The molecule has 1 heterocycles. The second-order valence-electron chi connectivity index (χ2n) is 3.71. The molecule has 0 bridgehead atoms. The molecule has 0 amide bonds. The SMILES string of the molecule is Nc1ccc(Cl)cc1Cn1cc(Cl)c(=O)[nH]c1=O. The molecule has 0 saturated carbocycles. The zero-order valence-corrected chi connectivity index (χ0v) is 10.6. The van der Waals surface area contributed by atoms with Gasteiger partial charge in [0.1, 0.15) is 5.02 Å². The fourth-order valence-electron chi connectivity index (χ4n) is 1.49. The summed E-state index contributed by atoms with van der Waals surface area (Å²) in [6, 6.07) is 4.96. The first-order valence-electron chi connectivity index (χ1n) is 5.00. The van der Waals surface area contributed by atoms with Gasteiger partial charge in [0, 0.05) is 16.9 Å². The van der Waals surface area contributed by atoms with E-state index >= 15 is 0 Å². The maximum Gasteiger partial charge on any atom is 0.328 e. The van der Waals surface area contributed by atoms with E-state index in [2.05, 4.69) is 4.98 Å². The summed E-state index contributed by atoms with van der Waals surface area (Å²) >= 11 is 11.5. The summed E-state index contributed by atoms with van der Waals surface area (Å²) in [4.78, 5) is 24.8. The monoisotopic (exact) mass is 285 g/mol. The first kappa shape index (κ1) is 12.7. The number of nitrogens with one attached hydrogen (secondary N) is 1. The van der Waals surface area contributed by atoms with Crippen LogP contribution in [0.3, 0.4) is 0 Å². The Morgan fingerprint density at radius 3 is 2.72 bits per heavy atom. The molecule has 0 radical (unpaired) electrons. The van der Waals surface area contributed by atoms with Crippen LogP contribution in [0.25, 0.3) is 0 Å². The molecule has 0 aliphatic carbocycles. The maximum absolute atomic E-state index is 11.6. The number of nitrogens with two attached hydrogens (primary N) is 1. The number of benzene rings is 1. The van der Waals surface area contributed by atoms with Gasteiger partial charge in [-0.25, -0.2) is 4.79 Å². The molecule has 18 heavy (non-hydrogen) atoms. The smallest absolute Gasteiger partial charge is 0.328 e. The van der Waals surface area contributed by atoms with E-state index in [1.54, 1.807) is 18.2 Å². The molecule has 2 aromatic rings. The van der Waals surface area contributed by atoms with Crippen LogP contribution in [-0.4, -0.2) is 9.55 Å². The van der Waals surface area contributed by atoms with Crippen molar-refractivity contribution in [3.05, 3.63) is 60.8 Å². The van der Waals surface area contributed by atoms with Crippen molar-refractivity contribution in [1.29, 1.82) is 0 Å². The Morgan fingerprint density at radius 2 is 2.00 bits per heavy atom. The van der Waals surface area contributed by atoms with Gasteiger partial charge in [-0.15, -0.1) is 0 Å². The van der Waals surface area contributed by atoms with Crippen molar-refractivity contribution in [2.75, 3.05) is 5.73 Å². The van der Waals surface area contributed by atoms with Crippen molar-refractivity contribution >= 4 is 28.9 Å². The highest BCUT2D eigenvalue weighted by Gasteiger charge is 2.06. The van der Waals surface area contributed by atoms with Gasteiger partial charge in [-0.05, 0) is 23.8 Å². The Hall–Kier alpha value is -1.72. The second kappa shape index (κ2) is 4.88. The molecule has 0 aliphatic heterocycles. The fraction of sp³-hybridized carbons (Fsp3) is 0.0909. The van der Waals surface area contributed by atoms with E-state index < -0.39 is 11.2 Å². The molecule has 2 rings (SSSR count). The van der Waals surface area contributed by atoms with E-state index in [9.17, 15) is 9.59 Å². The van der Waals surface area contributed by atoms with E-state index in [0.717, 1.165) is 0 Å². The molecule has 3 N–H and O–H groups in total. The summed E-state index contributed by atoms with van der Waals surface area (Å²) in [6.07, 6.45) is 1.27. The van der Waals surface area contributed by atoms with Crippen LogP contribution in [0, 0.1) is 0 Å². The Labute approximate surface area is 112 Å². The van der Waals surface area contributed by atoms with Gasteiger partial charge in [-0.3, -0.25) is 14.3 Å². The number of H-pyrrole nitrogens is 1. The van der Waals surface area contributed by atoms with Gasteiger partial charge in [-0.1, -0.05) is 23.2 Å². The van der Waals surface area contributed by atoms with Crippen molar-refractivity contribution in [3.63, 3.8) is 0 Å². The average Bonchev–Trinajstić information content (AvgIpc) is 2.30. The third-order valence-corrected chi connectivity index (χ3v) is 2.92. The zero-order valence-electron chi connectivity index (χ0n) is 9.11. The normalized spacial score (nSPS) is 10.6. The minimum atomic E-state index is -0.614. The molecule has 0 aliphatic rings. The lowest BCUT2D eigenvalue weighted by Gasteiger charge is -2.08. The Morgan fingerprint density at radius 1 is 1.28 bits per heavy atom. The first-order chi connectivity index (χ1) is 8.47. The largest absolute Gasteiger partial charge is 0.398 e. The highest BCUT2D eigenvalue weighted by Crippen LogP contribution is 2.18. The average molecular weight is 286 g/mol. The van der Waals surface area contributed by atoms with Gasteiger partial charge in [0.25, 0.3) is 5.56 Å². The molecule has 1 aromatic carbocycles. The number of hydrogen-bond acceptors (Lipinski definition) is 3. The van der Waals surface area contributed by atoms with Crippen LogP contribution in [-0.2, 0) is 6.54 Å². The quantitative estimate of drug-likeness (QED) is 0.820. The molecule has 7 heteroatoms. The molecule has 5 nitrogen and oxygen atoms in total. The van der Waals surface area contributed by atoms with Crippen LogP contribution >= 0.6 is 23.2 Å². The molecular weight excluding hydrogens is 277 g/mol. The molecule has 1 aromatic heterocycles. The number of nitrogens with zero attached hydrogens (tertiary/aromatic N) is 1. The minimum Gasteiger partial charge on any atom is -0.398 e. The summed E-state index contributed by atoms with van der Waals surface area (Å²) in [5.74, 6) is 0. The van der Waals surface area contributed by atoms with Gasteiger partial charge in [0.05, 0.1) is 6.54 Å². The number of halogens is 2. The molecule has 0 unspecified atom stereocenters. The van der Waals surface area contributed by atoms with E-state index in [-0.39, 0.29) is 11.6 Å². The number of anilines is 1. The van der Waals surface area contributed by atoms with E-state index in [1.807, 2.05) is 0 Å².